The molecule has 0 amide bonds. The number of rotatable bonds is 2. The van der Waals surface area contributed by atoms with Crippen LogP contribution >= 0.6 is 0 Å². The summed E-state index contributed by atoms with van der Waals surface area (Å²) in [6, 6.07) is 5.15. The third kappa shape index (κ3) is 2.64. The van der Waals surface area contributed by atoms with Gasteiger partial charge in [-0.1, -0.05) is 23.4 Å². The van der Waals surface area contributed by atoms with E-state index in [0.29, 0.717) is 23.4 Å². The van der Waals surface area contributed by atoms with E-state index in [1.54, 1.807) is 6.07 Å². The van der Waals surface area contributed by atoms with E-state index in [1.165, 1.54) is 6.07 Å². The maximum absolute atomic E-state index is 12.5. The highest BCUT2D eigenvalue weighted by atomic mass is 19.4. The van der Waals surface area contributed by atoms with Crippen LogP contribution in [0, 0.1) is 6.92 Å². The Kier molecular flexibility index (Phi) is 2.87. The lowest BCUT2D eigenvalue weighted by Crippen LogP contribution is -2.05. The molecule has 2 aromatic rings. The van der Waals surface area contributed by atoms with Crippen LogP contribution in [-0.2, 0) is 12.6 Å². The molecule has 89 valence electrons. The molecule has 1 aromatic carbocycles. The van der Waals surface area contributed by atoms with E-state index in [0.717, 1.165) is 12.1 Å². The molecule has 0 fully saturated rings. The summed E-state index contributed by atoms with van der Waals surface area (Å²) in [7, 11) is 0. The Balaban J connectivity index is 2.26. The molecule has 0 unspecified atom stereocenters. The van der Waals surface area contributed by atoms with Gasteiger partial charge < -0.3 is 0 Å². The van der Waals surface area contributed by atoms with Gasteiger partial charge in [0.05, 0.1) is 17.0 Å². The number of aromatic nitrogens is 3. The summed E-state index contributed by atoms with van der Waals surface area (Å²) in [5.41, 5.74) is 0.940. The topological polar surface area (TPSA) is 41.6 Å². The molecule has 0 aliphatic carbocycles. The zero-order valence-electron chi connectivity index (χ0n) is 8.75. The first-order valence-corrected chi connectivity index (χ1v) is 4.85. The molecule has 0 bridgehead atoms. The summed E-state index contributed by atoms with van der Waals surface area (Å²) >= 11 is 0. The normalized spacial score (nSPS) is 11.8. The summed E-state index contributed by atoms with van der Waals surface area (Å²) in [4.78, 5) is 0. The van der Waals surface area contributed by atoms with Gasteiger partial charge in [0.25, 0.3) is 0 Å². The second-order valence-corrected chi connectivity index (χ2v) is 3.61. The van der Waals surface area contributed by atoms with Gasteiger partial charge in [-0.2, -0.15) is 13.2 Å². The average molecular weight is 240 g/mol. The van der Waals surface area contributed by atoms with Gasteiger partial charge >= 0.3 is 6.18 Å². The van der Waals surface area contributed by atoms with E-state index in [4.69, 9.17) is 0 Å². The molecule has 1 aromatic heterocycles. The zero-order chi connectivity index (χ0) is 12.5. The minimum Gasteiger partial charge on any atom is -0.262 e. The van der Waals surface area contributed by atoms with Crippen molar-refractivity contribution < 1.29 is 13.2 Å². The van der Waals surface area contributed by atoms with E-state index < -0.39 is 11.7 Å². The van der Waals surface area contributed by atoms with Crippen molar-refractivity contribution >= 4 is 0 Å². The SMILES string of the molecule is [CH2]c1nn[nH]c1Cc1cccc(C(F)(F)F)c1. The van der Waals surface area contributed by atoms with Gasteiger partial charge in [0.2, 0.25) is 0 Å². The van der Waals surface area contributed by atoms with Crippen molar-refractivity contribution in [2.24, 2.45) is 0 Å². The second-order valence-electron chi connectivity index (χ2n) is 3.61. The summed E-state index contributed by atoms with van der Waals surface area (Å²) in [5, 5.41) is 9.78. The quantitative estimate of drug-likeness (QED) is 0.876. The van der Waals surface area contributed by atoms with E-state index in [2.05, 4.69) is 22.3 Å². The molecule has 3 nitrogen and oxygen atoms in total. The van der Waals surface area contributed by atoms with Crippen molar-refractivity contribution in [1.29, 1.82) is 0 Å². The van der Waals surface area contributed by atoms with Crippen molar-refractivity contribution in [3.63, 3.8) is 0 Å². The van der Waals surface area contributed by atoms with Crippen LogP contribution in [0.5, 0.6) is 0 Å². The molecular weight excluding hydrogens is 231 g/mol. The highest BCUT2D eigenvalue weighted by Gasteiger charge is 2.30. The molecule has 1 radical (unpaired) electrons. The fraction of sp³-hybridized carbons (Fsp3) is 0.182. The van der Waals surface area contributed by atoms with Crippen LogP contribution in [0.25, 0.3) is 0 Å². The monoisotopic (exact) mass is 240 g/mol. The number of hydrogen-bond donors (Lipinski definition) is 1. The zero-order valence-corrected chi connectivity index (χ0v) is 8.75. The maximum Gasteiger partial charge on any atom is 0.416 e. The fourth-order valence-corrected chi connectivity index (χ4v) is 1.47. The molecule has 1 N–H and O–H groups in total. The fourth-order valence-electron chi connectivity index (χ4n) is 1.47. The molecule has 2 rings (SSSR count). The molecule has 0 saturated carbocycles. The second kappa shape index (κ2) is 4.20. The minimum absolute atomic E-state index is 0.301. The molecule has 0 spiro atoms. The van der Waals surface area contributed by atoms with Crippen LogP contribution in [0.4, 0.5) is 13.2 Å². The third-order valence-corrected chi connectivity index (χ3v) is 2.34. The summed E-state index contributed by atoms with van der Waals surface area (Å²) < 4.78 is 37.4. The molecule has 0 aliphatic rings. The van der Waals surface area contributed by atoms with Gasteiger partial charge in [-0.15, -0.1) is 5.10 Å². The van der Waals surface area contributed by atoms with Gasteiger partial charge in [0.1, 0.15) is 0 Å². The van der Waals surface area contributed by atoms with Crippen LogP contribution < -0.4 is 0 Å². The standard InChI is InChI=1S/C11H9F3N3/c1-7-10(16-17-15-7)6-8-3-2-4-9(5-8)11(12,13)14/h2-5H,1,6H2,(H,15,16,17). The smallest absolute Gasteiger partial charge is 0.262 e. The largest absolute Gasteiger partial charge is 0.416 e. The lowest BCUT2D eigenvalue weighted by Gasteiger charge is -2.08. The van der Waals surface area contributed by atoms with Gasteiger partial charge in [0.15, 0.2) is 0 Å². The van der Waals surface area contributed by atoms with E-state index in [-0.39, 0.29) is 0 Å². The van der Waals surface area contributed by atoms with Crippen LogP contribution in [-0.4, -0.2) is 15.4 Å². The van der Waals surface area contributed by atoms with Crippen LogP contribution in [0.3, 0.4) is 0 Å². The van der Waals surface area contributed by atoms with E-state index in [1.807, 2.05) is 0 Å². The lowest BCUT2D eigenvalue weighted by atomic mass is 10.1. The Bertz CT molecular complexity index is 517. The van der Waals surface area contributed by atoms with Crippen LogP contribution in [0.1, 0.15) is 22.5 Å². The first-order valence-electron chi connectivity index (χ1n) is 4.85. The summed E-state index contributed by atoms with van der Waals surface area (Å²) in [5.74, 6) is 0. The number of nitrogens with zero attached hydrogens (tertiary/aromatic N) is 2. The number of H-pyrrole nitrogens is 1. The Labute approximate surface area is 95.7 Å². The Morgan fingerprint density at radius 1 is 1.29 bits per heavy atom. The molecule has 17 heavy (non-hydrogen) atoms. The molecule has 0 aliphatic heterocycles. The predicted octanol–water partition coefficient (Wildman–Crippen LogP) is 2.60. The maximum atomic E-state index is 12.5. The first-order chi connectivity index (χ1) is 7.97. The molecular formula is C11H9F3N3. The number of halogens is 3. The van der Waals surface area contributed by atoms with Crippen molar-refractivity contribution in [2.45, 2.75) is 12.6 Å². The van der Waals surface area contributed by atoms with Crippen molar-refractivity contribution in [1.82, 2.24) is 15.4 Å². The van der Waals surface area contributed by atoms with Crippen LogP contribution in [0.2, 0.25) is 0 Å². The van der Waals surface area contributed by atoms with Crippen LogP contribution in [0.15, 0.2) is 24.3 Å². The molecule has 6 heteroatoms. The predicted molar refractivity (Wildman–Crippen MR) is 55.1 cm³/mol. The Hall–Kier alpha value is -1.85. The summed E-state index contributed by atoms with van der Waals surface area (Å²) in [6.45, 7) is 3.62. The molecule has 0 atom stereocenters. The minimum atomic E-state index is -4.32. The number of alkyl halides is 3. The number of aromatic amines is 1. The van der Waals surface area contributed by atoms with Crippen molar-refractivity contribution in [3.8, 4) is 0 Å². The molecule has 1 heterocycles. The van der Waals surface area contributed by atoms with E-state index in [9.17, 15) is 13.2 Å². The highest BCUT2D eigenvalue weighted by Crippen LogP contribution is 2.29. The van der Waals surface area contributed by atoms with Crippen molar-refractivity contribution in [2.75, 3.05) is 0 Å². The third-order valence-electron chi connectivity index (χ3n) is 2.34. The Morgan fingerprint density at radius 2 is 2.06 bits per heavy atom. The van der Waals surface area contributed by atoms with E-state index >= 15 is 0 Å². The highest BCUT2D eigenvalue weighted by molar-refractivity contribution is 5.29. The number of nitrogens with one attached hydrogen (secondary N) is 1. The number of hydrogen-bond acceptors (Lipinski definition) is 2. The summed E-state index contributed by atoms with van der Waals surface area (Å²) in [6.07, 6.45) is -4.02. The Morgan fingerprint density at radius 3 is 2.65 bits per heavy atom. The lowest BCUT2D eigenvalue weighted by molar-refractivity contribution is -0.137. The average Bonchev–Trinajstić information content (AvgIpc) is 2.64. The van der Waals surface area contributed by atoms with Gasteiger partial charge in [0, 0.05) is 6.42 Å². The van der Waals surface area contributed by atoms with Crippen molar-refractivity contribution in [3.05, 3.63) is 53.7 Å². The molecule has 0 saturated heterocycles. The van der Waals surface area contributed by atoms with Gasteiger partial charge in [-0.25, -0.2) is 0 Å². The van der Waals surface area contributed by atoms with Gasteiger partial charge in [-0.3, -0.25) is 5.10 Å². The first kappa shape index (κ1) is 11.6. The van der Waals surface area contributed by atoms with Gasteiger partial charge in [-0.05, 0) is 18.6 Å². The number of benzene rings is 1.